The number of hydrogen-bond acceptors (Lipinski definition) is 3. The summed E-state index contributed by atoms with van der Waals surface area (Å²) >= 11 is 6.10. The number of aromatic nitrogens is 1. The Morgan fingerprint density at radius 1 is 1.26 bits per heavy atom. The molecule has 3 rings (SSSR count). The van der Waals surface area contributed by atoms with Crippen LogP contribution in [0.2, 0.25) is 5.02 Å². The second kappa shape index (κ2) is 7.87. The van der Waals surface area contributed by atoms with E-state index in [0.29, 0.717) is 43.1 Å². The normalized spacial score (nSPS) is 19.5. The van der Waals surface area contributed by atoms with Gasteiger partial charge in [0.25, 0.3) is 5.91 Å². The summed E-state index contributed by atoms with van der Waals surface area (Å²) in [5.74, 6) is -0.0265. The summed E-state index contributed by atoms with van der Waals surface area (Å²) in [5, 5.41) is 0.639. The lowest BCUT2D eigenvalue weighted by Crippen LogP contribution is -2.51. The van der Waals surface area contributed by atoms with Crippen LogP contribution in [0.15, 0.2) is 30.3 Å². The number of aryl methyl sites for hydroxylation is 2. The Morgan fingerprint density at radius 2 is 2.04 bits per heavy atom. The molecule has 6 heteroatoms. The van der Waals surface area contributed by atoms with Crippen molar-refractivity contribution >= 4 is 23.3 Å². The summed E-state index contributed by atoms with van der Waals surface area (Å²) in [6.07, 6.45) is 2.46. The predicted octanol–water partition coefficient (Wildman–Crippen LogP) is 3.63. The van der Waals surface area contributed by atoms with Crippen molar-refractivity contribution in [3.63, 3.8) is 0 Å². The van der Waals surface area contributed by atoms with Crippen molar-refractivity contribution in [2.75, 3.05) is 6.54 Å². The van der Waals surface area contributed by atoms with Gasteiger partial charge in [-0.05, 0) is 68.5 Å². The molecule has 0 saturated carbocycles. The van der Waals surface area contributed by atoms with E-state index >= 15 is 0 Å². The van der Waals surface area contributed by atoms with Crippen molar-refractivity contribution < 1.29 is 9.59 Å². The van der Waals surface area contributed by atoms with Crippen molar-refractivity contribution in [2.24, 2.45) is 5.73 Å². The van der Waals surface area contributed by atoms with E-state index in [9.17, 15) is 9.59 Å². The molecule has 3 N–H and O–H groups in total. The van der Waals surface area contributed by atoms with E-state index in [2.05, 4.69) is 4.98 Å². The second-order valence-electron chi connectivity index (χ2n) is 7.43. The molecule has 1 amide bonds. The number of nitrogens with zero attached hydrogens (tertiary/aromatic N) is 1. The van der Waals surface area contributed by atoms with Gasteiger partial charge in [0.15, 0.2) is 5.78 Å². The average molecular weight is 388 g/mol. The number of aromatic amines is 1. The summed E-state index contributed by atoms with van der Waals surface area (Å²) in [6.45, 7) is 4.81. The summed E-state index contributed by atoms with van der Waals surface area (Å²) in [6, 6.07) is 9.24. The molecule has 1 aromatic heterocycles. The molecular weight excluding hydrogens is 362 g/mol. The molecule has 1 aliphatic rings. The fourth-order valence-electron chi connectivity index (χ4n) is 3.90. The van der Waals surface area contributed by atoms with Crippen LogP contribution in [0.25, 0.3) is 0 Å². The zero-order chi connectivity index (χ0) is 19.6. The lowest BCUT2D eigenvalue weighted by atomic mass is 9.88. The fraction of sp³-hybridized carbons (Fsp3) is 0.429. The molecule has 27 heavy (non-hydrogen) atoms. The highest BCUT2D eigenvalue weighted by atomic mass is 35.5. The van der Waals surface area contributed by atoms with Crippen LogP contribution in [0, 0.1) is 6.92 Å². The minimum Gasteiger partial charge on any atom is -0.355 e. The van der Waals surface area contributed by atoms with E-state index in [-0.39, 0.29) is 11.7 Å². The van der Waals surface area contributed by atoms with Crippen molar-refractivity contribution in [1.29, 1.82) is 0 Å². The Morgan fingerprint density at radius 3 is 2.70 bits per heavy atom. The van der Waals surface area contributed by atoms with Crippen molar-refractivity contribution in [3.05, 3.63) is 57.9 Å². The molecule has 0 radical (unpaired) electrons. The van der Waals surface area contributed by atoms with Crippen LogP contribution in [-0.4, -0.2) is 33.7 Å². The first kappa shape index (κ1) is 19.6. The highest BCUT2D eigenvalue weighted by Crippen LogP contribution is 2.33. The summed E-state index contributed by atoms with van der Waals surface area (Å²) < 4.78 is 0. The smallest absolute Gasteiger partial charge is 0.271 e. The molecule has 0 bridgehead atoms. The number of amides is 1. The van der Waals surface area contributed by atoms with Crippen molar-refractivity contribution in [3.8, 4) is 0 Å². The Labute approximate surface area is 164 Å². The molecule has 0 spiro atoms. The molecule has 144 valence electrons. The van der Waals surface area contributed by atoms with E-state index in [4.69, 9.17) is 17.3 Å². The predicted molar refractivity (Wildman–Crippen MR) is 107 cm³/mol. The number of Topliss-reactive ketones (excluding diaryl/α,β-unsaturated/α-hetero) is 1. The SMILES string of the molecule is Cc1ccc(C(=O)N2CCC[C@@]2(C)C(=O)CCc2cc(Cl)ccc2CN)[nH]1. The second-order valence-corrected chi connectivity index (χ2v) is 7.87. The largest absolute Gasteiger partial charge is 0.355 e. The number of nitrogens with one attached hydrogen (secondary N) is 1. The van der Waals surface area contributed by atoms with Gasteiger partial charge in [0.05, 0.1) is 5.54 Å². The molecule has 1 atom stereocenters. The third-order valence-electron chi connectivity index (χ3n) is 5.56. The molecule has 0 unspecified atom stereocenters. The molecule has 0 aliphatic carbocycles. The minimum atomic E-state index is -0.766. The maximum Gasteiger partial charge on any atom is 0.271 e. The van der Waals surface area contributed by atoms with E-state index in [1.807, 2.05) is 38.1 Å². The first-order valence-electron chi connectivity index (χ1n) is 9.33. The molecule has 1 saturated heterocycles. The third kappa shape index (κ3) is 3.94. The number of rotatable bonds is 6. The van der Waals surface area contributed by atoms with Gasteiger partial charge in [-0.2, -0.15) is 0 Å². The molecule has 1 fully saturated rings. The van der Waals surface area contributed by atoms with Crippen LogP contribution in [0.3, 0.4) is 0 Å². The lowest BCUT2D eigenvalue weighted by Gasteiger charge is -2.34. The molecule has 1 aromatic carbocycles. The zero-order valence-corrected chi connectivity index (χ0v) is 16.6. The van der Waals surface area contributed by atoms with Gasteiger partial charge in [-0.3, -0.25) is 9.59 Å². The van der Waals surface area contributed by atoms with E-state index in [1.165, 1.54) is 0 Å². The first-order valence-corrected chi connectivity index (χ1v) is 9.71. The van der Waals surface area contributed by atoms with Gasteiger partial charge in [0.2, 0.25) is 0 Å². The van der Waals surface area contributed by atoms with Crippen LogP contribution in [0.4, 0.5) is 0 Å². The van der Waals surface area contributed by atoms with Gasteiger partial charge in [0, 0.05) is 30.2 Å². The van der Waals surface area contributed by atoms with Crippen LogP contribution in [-0.2, 0) is 17.8 Å². The molecule has 2 aromatic rings. The number of hydrogen-bond donors (Lipinski definition) is 2. The number of nitrogens with two attached hydrogens (primary N) is 1. The fourth-order valence-corrected chi connectivity index (χ4v) is 4.09. The highest BCUT2D eigenvalue weighted by Gasteiger charge is 2.45. The number of carbonyl (C=O) groups excluding carboxylic acids is 2. The van der Waals surface area contributed by atoms with Gasteiger partial charge < -0.3 is 15.6 Å². The van der Waals surface area contributed by atoms with Gasteiger partial charge >= 0.3 is 0 Å². The highest BCUT2D eigenvalue weighted by molar-refractivity contribution is 6.30. The molecule has 5 nitrogen and oxygen atoms in total. The number of benzene rings is 1. The van der Waals surface area contributed by atoms with Gasteiger partial charge in [-0.15, -0.1) is 0 Å². The van der Waals surface area contributed by atoms with E-state index in [1.54, 1.807) is 11.0 Å². The summed E-state index contributed by atoms with van der Waals surface area (Å²) in [5.41, 5.74) is 8.50. The van der Waals surface area contributed by atoms with Crippen LogP contribution >= 0.6 is 11.6 Å². The quantitative estimate of drug-likeness (QED) is 0.794. The zero-order valence-electron chi connectivity index (χ0n) is 15.8. The first-order chi connectivity index (χ1) is 12.8. The van der Waals surface area contributed by atoms with Crippen LogP contribution < -0.4 is 5.73 Å². The Balaban J connectivity index is 1.74. The Bertz CT molecular complexity index is 861. The van der Waals surface area contributed by atoms with E-state index < -0.39 is 5.54 Å². The summed E-state index contributed by atoms with van der Waals surface area (Å²) in [4.78, 5) is 30.8. The van der Waals surface area contributed by atoms with Gasteiger partial charge in [0.1, 0.15) is 5.69 Å². The number of ketones is 1. The van der Waals surface area contributed by atoms with Crippen LogP contribution in [0.1, 0.15) is 53.5 Å². The number of halogens is 1. The van der Waals surface area contributed by atoms with Gasteiger partial charge in [-0.1, -0.05) is 17.7 Å². The molecule has 1 aliphatic heterocycles. The summed E-state index contributed by atoms with van der Waals surface area (Å²) in [7, 11) is 0. The number of likely N-dealkylation sites (tertiary alicyclic amines) is 1. The Hall–Kier alpha value is -2.11. The Kier molecular flexibility index (Phi) is 5.72. The topological polar surface area (TPSA) is 79.2 Å². The standard InChI is InChI=1S/C21H26ClN3O2/c1-14-4-8-18(24-14)20(27)25-11-3-10-21(25,2)19(26)9-6-15-12-17(22)7-5-16(15)13-23/h4-5,7-8,12,24H,3,6,9-11,13,23H2,1-2H3/t21-/m0/s1. The van der Waals surface area contributed by atoms with Crippen LogP contribution in [0.5, 0.6) is 0 Å². The number of carbonyl (C=O) groups is 2. The minimum absolute atomic E-state index is 0.0829. The molecule has 2 heterocycles. The third-order valence-corrected chi connectivity index (χ3v) is 5.79. The van der Waals surface area contributed by atoms with Gasteiger partial charge in [-0.25, -0.2) is 0 Å². The lowest BCUT2D eigenvalue weighted by molar-refractivity contribution is -0.127. The average Bonchev–Trinajstić information content (AvgIpc) is 3.26. The molecular formula is C21H26ClN3O2. The van der Waals surface area contributed by atoms with Crippen molar-refractivity contribution in [2.45, 2.75) is 51.6 Å². The monoisotopic (exact) mass is 387 g/mol. The van der Waals surface area contributed by atoms with Crippen molar-refractivity contribution in [1.82, 2.24) is 9.88 Å². The number of H-pyrrole nitrogens is 1. The van der Waals surface area contributed by atoms with E-state index in [0.717, 1.165) is 23.2 Å². The maximum absolute atomic E-state index is 13.1. The maximum atomic E-state index is 13.1.